The van der Waals surface area contributed by atoms with E-state index in [9.17, 15) is 13.2 Å². The van der Waals surface area contributed by atoms with Crippen molar-refractivity contribution in [2.24, 2.45) is 0 Å². The highest BCUT2D eigenvalue weighted by Crippen LogP contribution is 2.26. The van der Waals surface area contributed by atoms with E-state index in [0.717, 1.165) is 0 Å². The van der Waals surface area contributed by atoms with E-state index in [1.807, 2.05) is 0 Å². The number of piperazine rings is 1. The Kier molecular flexibility index (Phi) is 4.92. The van der Waals surface area contributed by atoms with Crippen LogP contribution in [0.15, 0.2) is 18.2 Å². The molecule has 1 aromatic carbocycles. The van der Waals surface area contributed by atoms with E-state index in [0.29, 0.717) is 43.2 Å². The Morgan fingerprint density at radius 1 is 1.09 bits per heavy atom. The second kappa shape index (κ2) is 6.53. The molecule has 0 aromatic heterocycles. The fourth-order valence-electron chi connectivity index (χ4n) is 2.37. The number of ether oxygens (including phenoxy) is 2. The zero-order valence-electron chi connectivity index (χ0n) is 12.9. The van der Waals surface area contributed by atoms with E-state index >= 15 is 0 Å². The third-order valence-electron chi connectivity index (χ3n) is 3.63. The van der Waals surface area contributed by atoms with Gasteiger partial charge in [0, 0.05) is 32.2 Å². The van der Waals surface area contributed by atoms with Crippen molar-refractivity contribution in [2.75, 3.05) is 46.7 Å². The zero-order chi connectivity index (χ0) is 16.3. The number of carbonyl (C=O) groups excluding carboxylic acids is 1. The molecule has 1 aliphatic rings. The summed E-state index contributed by atoms with van der Waals surface area (Å²) >= 11 is 0. The first-order chi connectivity index (χ1) is 10.4. The summed E-state index contributed by atoms with van der Waals surface area (Å²) in [6.07, 6.45) is 1.18. The van der Waals surface area contributed by atoms with E-state index in [1.54, 1.807) is 30.2 Å². The molecule has 0 unspecified atom stereocenters. The first-order valence-corrected chi connectivity index (χ1v) is 8.68. The highest BCUT2D eigenvalue weighted by atomic mass is 32.2. The SMILES string of the molecule is COc1ccc(C(=O)N2CCN(S(C)(=O)=O)CC2)c(OC)c1. The van der Waals surface area contributed by atoms with Crippen molar-refractivity contribution in [1.82, 2.24) is 9.21 Å². The number of carbonyl (C=O) groups is 1. The van der Waals surface area contributed by atoms with E-state index in [1.165, 1.54) is 17.7 Å². The molecule has 0 aliphatic carbocycles. The summed E-state index contributed by atoms with van der Waals surface area (Å²) in [6.45, 7) is 1.34. The van der Waals surface area contributed by atoms with Gasteiger partial charge in [0.1, 0.15) is 11.5 Å². The number of benzene rings is 1. The molecule has 0 spiro atoms. The minimum absolute atomic E-state index is 0.173. The first kappa shape index (κ1) is 16.6. The molecule has 1 heterocycles. The van der Waals surface area contributed by atoms with Gasteiger partial charge in [-0.3, -0.25) is 4.79 Å². The van der Waals surface area contributed by atoms with Gasteiger partial charge in [-0.05, 0) is 12.1 Å². The molecule has 8 heteroatoms. The molecule has 1 saturated heterocycles. The number of nitrogens with zero attached hydrogens (tertiary/aromatic N) is 2. The lowest BCUT2D eigenvalue weighted by atomic mass is 10.1. The number of amides is 1. The number of methoxy groups -OCH3 is 2. The van der Waals surface area contributed by atoms with Crippen molar-refractivity contribution in [3.05, 3.63) is 23.8 Å². The maximum Gasteiger partial charge on any atom is 0.257 e. The van der Waals surface area contributed by atoms with Crippen LogP contribution in [-0.2, 0) is 10.0 Å². The van der Waals surface area contributed by atoms with Crippen LogP contribution in [-0.4, -0.2) is 70.2 Å². The van der Waals surface area contributed by atoms with E-state index in [4.69, 9.17) is 9.47 Å². The van der Waals surface area contributed by atoms with Gasteiger partial charge in [0.05, 0.1) is 26.0 Å². The number of sulfonamides is 1. The molecule has 22 heavy (non-hydrogen) atoms. The zero-order valence-corrected chi connectivity index (χ0v) is 13.7. The number of rotatable bonds is 4. The van der Waals surface area contributed by atoms with Crippen LogP contribution in [0.25, 0.3) is 0 Å². The Bertz CT molecular complexity index is 651. The summed E-state index contributed by atoms with van der Waals surface area (Å²) in [5.41, 5.74) is 0.441. The van der Waals surface area contributed by atoms with Crippen LogP contribution in [0.3, 0.4) is 0 Å². The summed E-state index contributed by atoms with van der Waals surface area (Å²) in [5, 5.41) is 0. The predicted octanol–water partition coefficient (Wildman–Crippen LogP) is 0.421. The van der Waals surface area contributed by atoms with Crippen LogP contribution in [0.4, 0.5) is 0 Å². The van der Waals surface area contributed by atoms with Crippen molar-refractivity contribution in [1.29, 1.82) is 0 Å². The molecule has 0 atom stereocenters. The average molecular weight is 328 g/mol. The van der Waals surface area contributed by atoms with Gasteiger partial charge in [-0.1, -0.05) is 0 Å². The first-order valence-electron chi connectivity index (χ1n) is 6.83. The molecular formula is C14H20N2O5S. The van der Waals surface area contributed by atoms with Crippen LogP contribution < -0.4 is 9.47 Å². The van der Waals surface area contributed by atoms with Crippen molar-refractivity contribution in [3.63, 3.8) is 0 Å². The quantitative estimate of drug-likeness (QED) is 0.801. The minimum Gasteiger partial charge on any atom is -0.497 e. The second-order valence-electron chi connectivity index (χ2n) is 5.02. The van der Waals surface area contributed by atoms with Gasteiger partial charge in [-0.25, -0.2) is 8.42 Å². The molecule has 122 valence electrons. The smallest absolute Gasteiger partial charge is 0.257 e. The van der Waals surface area contributed by atoms with Gasteiger partial charge in [0.25, 0.3) is 5.91 Å². The molecule has 0 saturated carbocycles. The Morgan fingerprint density at radius 3 is 2.23 bits per heavy atom. The van der Waals surface area contributed by atoms with Crippen molar-refractivity contribution < 1.29 is 22.7 Å². The fourth-order valence-corrected chi connectivity index (χ4v) is 3.19. The summed E-state index contributed by atoms with van der Waals surface area (Å²) in [7, 11) is -0.172. The Hall–Kier alpha value is -1.80. The van der Waals surface area contributed by atoms with Gasteiger partial charge < -0.3 is 14.4 Å². The monoisotopic (exact) mass is 328 g/mol. The Balaban J connectivity index is 2.13. The van der Waals surface area contributed by atoms with Crippen LogP contribution in [0.1, 0.15) is 10.4 Å². The maximum absolute atomic E-state index is 12.6. The highest BCUT2D eigenvalue weighted by molar-refractivity contribution is 7.88. The molecular weight excluding hydrogens is 308 g/mol. The molecule has 0 radical (unpaired) electrons. The minimum atomic E-state index is -3.21. The number of hydrogen-bond donors (Lipinski definition) is 0. The summed E-state index contributed by atoms with van der Waals surface area (Å²) in [5.74, 6) is 0.873. The number of hydrogen-bond acceptors (Lipinski definition) is 5. The van der Waals surface area contributed by atoms with E-state index in [2.05, 4.69) is 0 Å². The van der Waals surface area contributed by atoms with E-state index < -0.39 is 10.0 Å². The second-order valence-corrected chi connectivity index (χ2v) is 7.00. The molecule has 1 amide bonds. The summed E-state index contributed by atoms with van der Waals surface area (Å²) < 4.78 is 34.7. The summed E-state index contributed by atoms with van der Waals surface area (Å²) in [4.78, 5) is 14.2. The van der Waals surface area contributed by atoms with Crippen molar-refractivity contribution >= 4 is 15.9 Å². The van der Waals surface area contributed by atoms with Crippen LogP contribution in [0.2, 0.25) is 0 Å². The lowest BCUT2D eigenvalue weighted by Crippen LogP contribution is -2.50. The topological polar surface area (TPSA) is 76.2 Å². The van der Waals surface area contributed by atoms with Gasteiger partial charge in [-0.2, -0.15) is 4.31 Å². The van der Waals surface area contributed by atoms with Gasteiger partial charge in [-0.15, -0.1) is 0 Å². The van der Waals surface area contributed by atoms with E-state index in [-0.39, 0.29) is 5.91 Å². The molecule has 1 aromatic rings. The molecule has 1 fully saturated rings. The molecule has 2 rings (SSSR count). The fraction of sp³-hybridized carbons (Fsp3) is 0.500. The lowest BCUT2D eigenvalue weighted by Gasteiger charge is -2.33. The normalized spacial score (nSPS) is 16.4. The molecule has 0 N–H and O–H groups in total. The van der Waals surface area contributed by atoms with Gasteiger partial charge in [0.2, 0.25) is 10.0 Å². The molecule has 0 bridgehead atoms. The van der Waals surface area contributed by atoms with Gasteiger partial charge >= 0.3 is 0 Å². The Morgan fingerprint density at radius 2 is 1.73 bits per heavy atom. The molecule has 7 nitrogen and oxygen atoms in total. The van der Waals surface area contributed by atoms with Crippen molar-refractivity contribution in [2.45, 2.75) is 0 Å². The van der Waals surface area contributed by atoms with Crippen molar-refractivity contribution in [3.8, 4) is 11.5 Å². The average Bonchev–Trinajstić information content (AvgIpc) is 2.52. The third-order valence-corrected chi connectivity index (χ3v) is 4.94. The van der Waals surface area contributed by atoms with Gasteiger partial charge in [0.15, 0.2) is 0 Å². The maximum atomic E-state index is 12.6. The Labute approximate surface area is 130 Å². The van der Waals surface area contributed by atoms with Crippen LogP contribution in [0, 0.1) is 0 Å². The standard InChI is InChI=1S/C14H20N2O5S/c1-20-11-4-5-12(13(10-11)21-2)14(17)15-6-8-16(9-7-15)22(3,18)19/h4-5,10H,6-9H2,1-3H3. The highest BCUT2D eigenvalue weighted by Gasteiger charge is 2.27. The van der Waals surface area contributed by atoms with Crippen LogP contribution in [0.5, 0.6) is 11.5 Å². The molecule has 1 aliphatic heterocycles. The lowest BCUT2D eigenvalue weighted by molar-refractivity contribution is 0.0695. The largest absolute Gasteiger partial charge is 0.497 e. The third kappa shape index (κ3) is 3.50. The summed E-state index contributed by atoms with van der Waals surface area (Å²) in [6, 6.07) is 5.01. The van der Waals surface area contributed by atoms with Crippen LogP contribution >= 0.6 is 0 Å². The predicted molar refractivity (Wildman–Crippen MR) is 81.9 cm³/mol.